The molecule has 5 rings (SSSR count). The molecule has 0 spiro atoms. The monoisotopic (exact) mass is 875 g/mol. The van der Waals surface area contributed by atoms with E-state index in [1.807, 2.05) is 54.6 Å². The highest BCUT2D eigenvalue weighted by atomic mass is 19.1. The van der Waals surface area contributed by atoms with E-state index >= 15 is 0 Å². The van der Waals surface area contributed by atoms with E-state index in [4.69, 9.17) is 9.47 Å². The minimum Gasteiger partial charge on any atom is -0.453 e. The van der Waals surface area contributed by atoms with Gasteiger partial charge in [-0.15, -0.1) is 0 Å². The summed E-state index contributed by atoms with van der Waals surface area (Å²) in [6.07, 6.45) is -4.81. The van der Waals surface area contributed by atoms with Crippen molar-refractivity contribution in [1.82, 2.24) is 20.4 Å². The van der Waals surface area contributed by atoms with E-state index in [-0.39, 0.29) is 25.9 Å². The lowest BCUT2D eigenvalue weighted by Gasteiger charge is -2.34. The van der Waals surface area contributed by atoms with Gasteiger partial charge in [-0.05, 0) is 58.4 Å². The van der Waals surface area contributed by atoms with Crippen molar-refractivity contribution in [2.75, 3.05) is 42.8 Å². The van der Waals surface area contributed by atoms with Crippen LogP contribution < -0.4 is 26.2 Å². The SMILES string of the molecule is COC(=O)NC(C(=O)N1C[C@@H](F)C[C@H]1C(=O)Nc1ccc(CN(Cc2ccc(NC(=O)C3CC(F)CN3C(=O)[C@@H](NC(=O)OC)C(C)(C)C)cc2)c2ccccc2)cc1)C(C)(C)C. The molecule has 0 saturated carbocycles. The molecule has 15 nitrogen and oxygen atoms in total. The van der Waals surface area contributed by atoms with E-state index in [1.54, 1.807) is 65.8 Å². The van der Waals surface area contributed by atoms with E-state index in [1.165, 1.54) is 24.0 Å². The van der Waals surface area contributed by atoms with Gasteiger partial charge in [0.05, 0.1) is 27.3 Å². The number of rotatable bonds is 13. The second-order valence-electron chi connectivity index (χ2n) is 18.1. The van der Waals surface area contributed by atoms with Crippen LogP contribution in [0.1, 0.15) is 65.5 Å². The fraction of sp³-hybridized carbons (Fsp3) is 0.478. The van der Waals surface area contributed by atoms with Gasteiger partial charge in [-0.1, -0.05) is 84.0 Å². The fourth-order valence-electron chi connectivity index (χ4n) is 7.69. The summed E-state index contributed by atoms with van der Waals surface area (Å²) in [5.74, 6) is -2.25. The molecule has 0 aromatic heterocycles. The Morgan fingerprint density at radius 2 is 0.984 bits per heavy atom. The molecule has 2 aliphatic heterocycles. The van der Waals surface area contributed by atoms with E-state index in [9.17, 15) is 37.5 Å². The van der Waals surface area contributed by atoms with Crippen LogP contribution in [0.5, 0.6) is 0 Å². The smallest absolute Gasteiger partial charge is 0.407 e. The minimum absolute atomic E-state index is 0.181. The number of ether oxygens (including phenoxy) is 2. The van der Waals surface area contributed by atoms with Gasteiger partial charge in [0.15, 0.2) is 0 Å². The number of halogens is 2. The van der Waals surface area contributed by atoms with Crippen LogP contribution in [-0.4, -0.2) is 109 Å². The molecule has 17 heteroatoms. The first-order valence-corrected chi connectivity index (χ1v) is 20.9. The second-order valence-corrected chi connectivity index (χ2v) is 18.1. The molecule has 340 valence electrons. The van der Waals surface area contributed by atoms with E-state index in [2.05, 4.69) is 26.2 Å². The molecule has 2 saturated heterocycles. The molecule has 6 atom stereocenters. The number of amides is 6. The standard InChI is InChI=1S/C46H59F2N7O8/c1-45(2,3)37(51-43(60)62-7)41(58)54-26-30(47)22-35(54)39(56)49-32-18-14-28(15-19-32)24-53(34-12-10-9-11-13-34)25-29-16-20-33(21-17-29)50-40(57)36-23-31(48)27-55(36)42(59)38(46(4,5)6)52-44(61)63-8/h9-21,30-31,35-38H,22-27H2,1-8H3,(H,49,56)(H,50,57)(H,51,60)(H,52,61)/t30-,31?,35-,36?,37?,38+/m0/s1. The van der Waals surface area contributed by atoms with Crippen molar-refractivity contribution in [3.8, 4) is 0 Å². The number of carbonyl (C=O) groups excluding carboxylic acids is 6. The largest absolute Gasteiger partial charge is 0.453 e. The molecule has 0 aliphatic carbocycles. The molecular weight excluding hydrogens is 817 g/mol. The molecule has 4 N–H and O–H groups in total. The lowest BCUT2D eigenvalue weighted by Crippen LogP contribution is -2.57. The van der Waals surface area contributed by atoms with Crippen molar-refractivity contribution in [1.29, 1.82) is 0 Å². The van der Waals surface area contributed by atoms with Gasteiger partial charge >= 0.3 is 12.2 Å². The van der Waals surface area contributed by atoms with Gasteiger partial charge in [0.1, 0.15) is 36.5 Å². The second kappa shape index (κ2) is 20.3. The number of alkyl halides is 2. The Labute approximate surface area is 367 Å². The van der Waals surface area contributed by atoms with Gasteiger partial charge in [-0.3, -0.25) is 19.2 Å². The van der Waals surface area contributed by atoms with Crippen LogP contribution in [0, 0.1) is 10.8 Å². The number of alkyl carbamates (subject to hydrolysis) is 2. The van der Waals surface area contributed by atoms with Crippen LogP contribution in [0.4, 0.5) is 35.4 Å². The van der Waals surface area contributed by atoms with Gasteiger partial charge in [0.2, 0.25) is 23.6 Å². The maximum Gasteiger partial charge on any atom is 0.407 e. The van der Waals surface area contributed by atoms with Crippen LogP contribution in [0.25, 0.3) is 0 Å². The lowest BCUT2D eigenvalue weighted by atomic mass is 9.85. The first-order valence-electron chi connectivity index (χ1n) is 20.9. The average Bonchev–Trinajstić information content (AvgIpc) is 3.84. The number of para-hydroxylation sites is 1. The number of nitrogens with zero attached hydrogens (tertiary/aromatic N) is 3. The van der Waals surface area contributed by atoms with Crippen molar-refractivity contribution in [2.24, 2.45) is 10.8 Å². The zero-order valence-corrected chi connectivity index (χ0v) is 37.1. The topological polar surface area (TPSA) is 179 Å². The Morgan fingerprint density at radius 1 is 0.619 bits per heavy atom. The van der Waals surface area contributed by atoms with Crippen molar-refractivity contribution >= 4 is 52.9 Å². The Balaban J connectivity index is 1.24. The molecule has 3 unspecified atom stereocenters. The molecule has 2 heterocycles. The summed E-state index contributed by atoms with van der Waals surface area (Å²) in [5, 5.41) is 10.7. The summed E-state index contributed by atoms with van der Waals surface area (Å²) in [7, 11) is 2.36. The zero-order valence-electron chi connectivity index (χ0n) is 37.1. The van der Waals surface area contributed by atoms with Crippen LogP contribution in [0.2, 0.25) is 0 Å². The number of anilines is 3. The number of likely N-dealkylation sites (tertiary alicyclic amines) is 2. The highest BCUT2D eigenvalue weighted by Crippen LogP contribution is 2.30. The predicted octanol–water partition coefficient (Wildman–Crippen LogP) is 6.19. The van der Waals surface area contributed by atoms with Gasteiger partial charge in [-0.25, -0.2) is 18.4 Å². The third-order valence-electron chi connectivity index (χ3n) is 11.1. The summed E-state index contributed by atoms with van der Waals surface area (Å²) in [6, 6.07) is 19.9. The normalized spacial score (nSPS) is 19.7. The maximum atomic E-state index is 14.8. The van der Waals surface area contributed by atoms with Crippen molar-refractivity contribution < 1.29 is 47.0 Å². The number of methoxy groups -OCH3 is 2. The van der Waals surface area contributed by atoms with E-state index < -0.39 is 83.2 Å². The first kappa shape index (κ1) is 47.8. The summed E-state index contributed by atoms with van der Waals surface area (Å²) in [4.78, 5) is 82.9. The van der Waals surface area contributed by atoms with Crippen molar-refractivity contribution in [3.63, 3.8) is 0 Å². The van der Waals surface area contributed by atoms with Gasteiger partial charge in [0.25, 0.3) is 0 Å². The summed E-state index contributed by atoms with van der Waals surface area (Å²) in [6.45, 7) is 10.9. The summed E-state index contributed by atoms with van der Waals surface area (Å²) >= 11 is 0. The Morgan fingerprint density at radius 3 is 1.32 bits per heavy atom. The Hall–Kier alpha value is -6.26. The van der Waals surface area contributed by atoms with Crippen molar-refractivity contribution in [3.05, 3.63) is 90.0 Å². The maximum absolute atomic E-state index is 14.8. The van der Waals surface area contributed by atoms with Crippen LogP contribution >= 0.6 is 0 Å². The molecule has 0 radical (unpaired) electrons. The quantitative estimate of drug-likeness (QED) is 0.156. The molecule has 2 fully saturated rings. The van der Waals surface area contributed by atoms with Crippen molar-refractivity contribution in [2.45, 2.75) is 104 Å². The molecule has 2 aliphatic rings. The van der Waals surface area contributed by atoms with Crippen LogP contribution in [0.3, 0.4) is 0 Å². The van der Waals surface area contributed by atoms with E-state index in [0.717, 1.165) is 16.8 Å². The third-order valence-corrected chi connectivity index (χ3v) is 11.1. The van der Waals surface area contributed by atoms with Crippen LogP contribution in [-0.2, 0) is 41.7 Å². The van der Waals surface area contributed by atoms with E-state index in [0.29, 0.717) is 24.5 Å². The van der Waals surface area contributed by atoms with Crippen LogP contribution in [0.15, 0.2) is 78.9 Å². The minimum atomic E-state index is -1.42. The summed E-state index contributed by atoms with van der Waals surface area (Å²) in [5.41, 5.74) is 2.20. The summed E-state index contributed by atoms with van der Waals surface area (Å²) < 4.78 is 38.9. The molecule has 3 aromatic rings. The highest BCUT2D eigenvalue weighted by molar-refractivity contribution is 6.00. The van der Waals surface area contributed by atoms with Gasteiger partial charge in [0, 0.05) is 43.0 Å². The third kappa shape index (κ3) is 12.4. The zero-order chi connectivity index (χ0) is 46.2. The number of carbonyl (C=O) groups is 6. The first-order chi connectivity index (χ1) is 29.7. The average molecular weight is 876 g/mol. The van der Waals surface area contributed by atoms with Gasteiger partial charge < -0.3 is 45.4 Å². The molecular formula is C46H59F2N7O8. The highest BCUT2D eigenvalue weighted by Gasteiger charge is 2.47. The molecule has 63 heavy (non-hydrogen) atoms. The van der Waals surface area contributed by atoms with Gasteiger partial charge in [-0.2, -0.15) is 0 Å². The molecule has 0 bridgehead atoms. The lowest BCUT2D eigenvalue weighted by molar-refractivity contribution is -0.140. The Kier molecular flexibility index (Phi) is 15.4. The molecule has 3 aromatic carbocycles. The molecule has 6 amide bonds. The predicted molar refractivity (Wildman–Crippen MR) is 234 cm³/mol. The Bertz CT molecular complexity index is 1960. The number of nitrogens with one attached hydrogen (secondary N) is 4. The number of benzene rings is 3. The number of hydrogen-bond donors (Lipinski definition) is 4. The number of hydrogen-bond acceptors (Lipinski definition) is 9. The fourth-order valence-corrected chi connectivity index (χ4v) is 7.69.